The highest BCUT2D eigenvalue weighted by atomic mass is 16.2. The normalized spacial score (nSPS) is 11.1. The standard InChI is InChI=1S/C28H58N2O/c1-2-3-4-5-6-7-8-9-10-11-12-13-14-15-16-17-18-19-20-21-22-23-24-25-26-27-30-28(29)31/h2-27H2,1H3,(H3,29,30,31). The van der Waals surface area contributed by atoms with Gasteiger partial charge in [-0.1, -0.05) is 161 Å². The zero-order valence-corrected chi connectivity index (χ0v) is 21.4. The third kappa shape index (κ3) is 29.3. The quantitative estimate of drug-likeness (QED) is 0.130. The Bertz CT molecular complexity index is 346. The van der Waals surface area contributed by atoms with Gasteiger partial charge in [0.2, 0.25) is 0 Å². The van der Waals surface area contributed by atoms with Crippen molar-refractivity contribution >= 4 is 6.03 Å². The second-order valence-corrected chi connectivity index (χ2v) is 9.78. The fourth-order valence-corrected chi connectivity index (χ4v) is 4.48. The Morgan fingerprint density at radius 3 is 0.903 bits per heavy atom. The molecule has 0 aliphatic heterocycles. The van der Waals surface area contributed by atoms with E-state index in [1.807, 2.05) is 0 Å². The SMILES string of the molecule is CCCCCCCCCCCCCCCCCCCCCCCCCCCNC(N)=O. The van der Waals surface area contributed by atoms with E-state index in [2.05, 4.69) is 12.2 Å². The van der Waals surface area contributed by atoms with Gasteiger partial charge < -0.3 is 11.1 Å². The van der Waals surface area contributed by atoms with Crippen LogP contribution in [0.15, 0.2) is 0 Å². The van der Waals surface area contributed by atoms with Crippen LogP contribution in [0.3, 0.4) is 0 Å². The zero-order valence-electron chi connectivity index (χ0n) is 21.4. The number of primary amides is 1. The third-order valence-electron chi connectivity index (χ3n) is 6.58. The van der Waals surface area contributed by atoms with Crippen molar-refractivity contribution in [3.8, 4) is 0 Å². The number of carbonyl (C=O) groups is 1. The molecule has 0 heterocycles. The van der Waals surface area contributed by atoms with Crippen molar-refractivity contribution in [3.05, 3.63) is 0 Å². The molecule has 3 nitrogen and oxygen atoms in total. The van der Waals surface area contributed by atoms with Crippen molar-refractivity contribution < 1.29 is 4.79 Å². The average Bonchev–Trinajstić information content (AvgIpc) is 2.76. The molecule has 0 rings (SSSR count). The lowest BCUT2D eigenvalue weighted by atomic mass is 10.0. The first-order valence-electron chi connectivity index (χ1n) is 14.3. The van der Waals surface area contributed by atoms with Crippen molar-refractivity contribution in [2.24, 2.45) is 5.73 Å². The Balaban J connectivity index is 3.00. The molecular weight excluding hydrogens is 380 g/mol. The van der Waals surface area contributed by atoms with Gasteiger partial charge in [-0.3, -0.25) is 0 Å². The summed E-state index contributed by atoms with van der Waals surface area (Å²) in [6.45, 7) is 3.03. The molecule has 2 amide bonds. The maximum Gasteiger partial charge on any atom is 0.312 e. The van der Waals surface area contributed by atoms with Crippen LogP contribution in [0, 0.1) is 0 Å². The average molecular weight is 439 g/mol. The van der Waals surface area contributed by atoms with E-state index in [1.54, 1.807) is 0 Å². The summed E-state index contributed by atoms with van der Waals surface area (Å²) in [5, 5.41) is 2.65. The number of nitrogens with one attached hydrogen (secondary N) is 1. The number of unbranched alkanes of at least 4 members (excludes halogenated alkanes) is 24. The number of nitrogens with two attached hydrogens (primary N) is 1. The van der Waals surface area contributed by atoms with Crippen LogP contribution in [0.4, 0.5) is 4.79 Å². The van der Waals surface area contributed by atoms with Crippen molar-refractivity contribution in [1.82, 2.24) is 5.32 Å². The Morgan fingerprint density at radius 2 is 0.677 bits per heavy atom. The molecule has 0 saturated carbocycles. The van der Waals surface area contributed by atoms with Gasteiger partial charge in [-0.25, -0.2) is 4.79 Å². The molecule has 0 aromatic heterocycles. The zero-order chi connectivity index (χ0) is 22.7. The summed E-state index contributed by atoms with van der Waals surface area (Å²) >= 11 is 0. The maximum absolute atomic E-state index is 10.5. The Labute approximate surface area is 196 Å². The molecule has 0 bridgehead atoms. The van der Waals surface area contributed by atoms with E-state index in [0.29, 0.717) is 0 Å². The summed E-state index contributed by atoms with van der Waals surface area (Å²) in [6, 6.07) is -0.399. The summed E-state index contributed by atoms with van der Waals surface area (Å²) in [5.74, 6) is 0. The maximum atomic E-state index is 10.5. The second-order valence-electron chi connectivity index (χ2n) is 9.78. The molecule has 0 radical (unpaired) electrons. The molecule has 0 unspecified atom stereocenters. The number of hydrogen-bond donors (Lipinski definition) is 2. The van der Waals surface area contributed by atoms with E-state index in [-0.39, 0.29) is 0 Å². The number of amides is 2. The van der Waals surface area contributed by atoms with Crippen molar-refractivity contribution in [2.75, 3.05) is 6.54 Å². The first-order chi connectivity index (χ1) is 15.3. The minimum atomic E-state index is -0.399. The topological polar surface area (TPSA) is 55.1 Å². The van der Waals surface area contributed by atoms with Crippen LogP contribution in [-0.4, -0.2) is 12.6 Å². The molecule has 0 aliphatic rings. The number of hydrogen-bond acceptors (Lipinski definition) is 1. The van der Waals surface area contributed by atoms with Crippen LogP contribution in [0.2, 0.25) is 0 Å². The fourth-order valence-electron chi connectivity index (χ4n) is 4.48. The van der Waals surface area contributed by atoms with Crippen molar-refractivity contribution in [1.29, 1.82) is 0 Å². The van der Waals surface area contributed by atoms with Crippen LogP contribution in [0.5, 0.6) is 0 Å². The predicted molar refractivity (Wildman–Crippen MR) is 139 cm³/mol. The second kappa shape index (κ2) is 27.3. The van der Waals surface area contributed by atoms with Gasteiger partial charge in [0.25, 0.3) is 0 Å². The Hall–Kier alpha value is -0.730. The van der Waals surface area contributed by atoms with E-state index < -0.39 is 6.03 Å². The van der Waals surface area contributed by atoms with Gasteiger partial charge in [0.1, 0.15) is 0 Å². The molecule has 0 aromatic carbocycles. The van der Waals surface area contributed by atoms with Gasteiger partial charge in [-0.2, -0.15) is 0 Å². The lowest BCUT2D eigenvalue weighted by molar-refractivity contribution is 0.248. The highest BCUT2D eigenvalue weighted by Gasteiger charge is 1.96. The van der Waals surface area contributed by atoms with Gasteiger partial charge >= 0.3 is 6.03 Å². The molecule has 0 atom stereocenters. The summed E-state index contributed by atoms with van der Waals surface area (Å²) in [4.78, 5) is 10.5. The van der Waals surface area contributed by atoms with Gasteiger partial charge in [0, 0.05) is 6.54 Å². The van der Waals surface area contributed by atoms with Gasteiger partial charge in [-0.15, -0.1) is 0 Å². The number of urea groups is 1. The largest absolute Gasteiger partial charge is 0.352 e. The third-order valence-corrected chi connectivity index (χ3v) is 6.58. The molecule has 186 valence electrons. The lowest BCUT2D eigenvalue weighted by Crippen LogP contribution is -2.29. The van der Waals surface area contributed by atoms with E-state index in [4.69, 9.17) is 5.73 Å². The first kappa shape index (κ1) is 30.3. The highest BCUT2D eigenvalue weighted by molar-refractivity contribution is 5.71. The van der Waals surface area contributed by atoms with E-state index in [9.17, 15) is 4.79 Å². The van der Waals surface area contributed by atoms with Crippen molar-refractivity contribution in [3.63, 3.8) is 0 Å². The highest BCUT2D eigenvalue weighted by Crippen LogP contribution is 2.15. The van der Waals surface area contributed by atoms with E-state index in [1.165, 1.54) is 154 Å². The molecule has 0 saturated heterocycles. The Morgan fingerprint density at radius 1 is 0.452 bits per heavy atom. The first-order valence-corrected chi connectivity index (χ1v) is 14.3. The molecule has 3 N–H and O–H groups in total. The van der Waals surface area contributed by atoms with Crippen LogP contribution in [0.1, 0.15) is 167 Å². The van der Waals surface area contributed by atoms with Gasteiger partial charge in [0.05, 0.1) is 0 Å². The number of rotatable bonds is 26. The fraction of sp³-hybridized carbons (Fsp3) is 0.964. The lowest BCUT2D eigenvalue weighted by Gasteiger charge is -2.04. The summed E-state index contributed by atoms with van der Waals surface area (Å²) < 4.78 is 0. The molecular formula is C28H58N2O. The van der Waals surface area contributed by atoms with Crippen molar-refractivity contribution in [2.45, 2.75) is 167 Å². The summed E-state index contributed by atoms with van der Waals surface area (Å²) in [6.07, 6.45) is 35.3. The number of carbonyl (C=O) groups excluding carboxylic acids is 1. The Kier molecular flexibility index (Phi) is 26.7. The van der Waals surface area contributed by atoms with Gasteiger partial charge in [-0.05, 0) is 6.42 Å². The molecule has 31 heavy (non-hydrogen) atoms. The van der Waals surface area contributed by atoms with Gasteiger partial charge in [0.15, 0.2) is 0 Å². The summed E-state index contributed by atoms with van der Waals surface area (Å²) in [7, 11) is 0. The predicted octanol–water partition coefficient (Wildman–Crippen LogP) is 9.43. The monoisotopic (exact) mass is 438 g/mol. The van der Waals surface area contributed by atoms with E-state index in [0.717, 1.165) is 13.0 Å². The smallest absolute Gasteiger partial charge is 0.312 e. The minimum absolute atomic E-state index is 0.399. The molecule has 0 aromatic rings. The van der Waals surface area contributed by atoms with Crippen LogP contribution in [0.25, 0.3) is 0 Å². The van der Waals surface area contributed by atoms with Crippen LogP contribution in [-0.2, 0) is 0 Å². The molecule has 3 heteroatoms. The summed E-state index contributed by atoms with van der Waals surface area (Å²) in [5.41, 5.74) is 5.04. The van der Waals surface area contributed by atoms with Crippen LogP contribution >= 0.6 is 0 Å². The van der Waals surface area contributed by atoms with E-state index >= 15 is 0 Å². The molecule has 0 aliphatic carbocycles. The molecule has 0 spiro atoms. The van der Waals surface area contributed by atoms with Crippen LogP contribution < -0.4 is 11.1 Å². The molecule has 0 fully saturated rings. The minimum Gasteiger partial charge on any atom is -0.352 e.